The smallest absolute Gasteiger partial charge is 0.261 e. The normalized spacial score (nSPS) is 12.6. The van der Waals surface area contributed by atoms with Crippen LogP contribution in [0.15, 0.2) is 45.8 Å². The summed E-state index contributed by atoms with van der Waals surface area (Å²) in [5, 5.41) is 3.65. The fraction of sp³-hybridized carbons (Fsp3) is 0.273. The van der Waals surface area contributed by atoms with Crippen LogP contribution in [0.3, 0.4) is 0 Å². The lowest BCUT2D eigenvalue weighted by atomic mass is 10.0. The van der Waals surface area contributed by atoms with E-state index >= 15 is 0 Å². The molecule has 1 aromatic heterocycles. The van der Waals surface area contributed by atoms with Gasteiger partial charge < -0.3 is 9.88 Å². The van der Waals surface area contributed by atoms with Crippen LogP contribution in [0.4, 0.5) is 5.69 Å². The number of hydrogen-bond acceptors (Lipinski definition) is 2. The zero-order valence-electron chi connectivity index (χ0n) is 15.4. The van der Waals surface area contributed by atoms with E-state index in [0.717, 1.165) is 52.6 Å². The molecule has 138 valence electrons. The van der Waals surface area contributed by atoms with Crippen LogP contribution in [-0.2, 0) is 25.8 Å². The van der Waals surface area contributed by atoms with E-state index < -0.39 is 0 Å². The van der Waals surface area contributed by atoms with Crippen molar-refractivity contribution in [2.24, 2.45) is 0 Å². The summed E-state index contributed by atoms with van der Waals surface area (Å²) in [6.07, 6.45) is 4.21. The zero-order valence-corrected chi connectivity index (χ0v) is 17.0. The Bertz CT molecular complexity index is 1110. The standard InChI is InChI=1S/C22H21BrN2O2/c1-3-13-10-16(23)11-14(4-2)19(13)24-22(27)18-12-25-9-8-15-6-5-7-17(20(15)25)21(18)26/h5-7,10-12H,3-4,8-9H2,1-2H3,(H,24,27). The fourth-order valence-electron chi connectivity index (χ4n) is 3.94. The number of pyridine rings is 1. The number of amides is 1. The van der Waals surface area contributed by atoms with Crippen LogP contribution >= 0.6 is 15.9 Å². The molecule has 0 saturated carbocycles. The second kappa shape index (κ2) is 6.97. The third-order valence-electron chi connectivity index (χ3n) is 5.31. The number of aromatic nitrogens is 1. The van der Waals surface area contributed by atoms with Crippen molar-refractivity contribution in [1.29, 1.82) is 0 Å². The first-order valence-electron chi connectivity index (χ1n) is 9.31. The molecule has 1 amide bonds. The predicted octanol–water partition coefficient (Wildman–Crippen LogP) is 4.70. The van der Waals surface area contributed by atoms with Crippen LogP contribution in [-0.4, -0.2) is 10.5 Å². The number of hydrogen-bond donors (Lipinski definition) is 1. The summed E-state index contributed by atoms with van der Waals surface area (Å²) in [5.74, 6) is -0.338. The van der Waals surface area contributed by atoms with Gasteiger partial charge in [-0.2, -0.15) is 0 Å². The lowest BCUT2D eigenvalue weighted by Gasteiger charge is -2.16. The van der Waals surface area contributed by atoms with Crippen molar-refractivity contribution >= 4 is 38.4 Å². The van der Waals surface area contributed by atoms with Crippen molar-refractivity contribution < 1.29 is 4.79 Å². The molecular formula is C22H21BrN2O2. The van der Waals surface area contributed by atoms with Crippen LogP contribution in [0.2, 0.25) is 0 Å². The molecule has 3 aromatic rings. The van der Waals surface area contributed by atoms with E-state index in [0.29, 0.717) is 5.39 Å². The van der Waals surface area contributed by atoms with Crippen LogP contribution in [0.1, 0.15) is 40.9 Å². The first-order chi connectivity index (χ1) is 13.0. The number of anilines is 1. The van der Waals surface area contributed by atoms with Gasteiger partial charge in [-0.3, -0.25) is 9.59 Å². The van der Waals surface area contributed by atoms with E-state index in [-0.39, 0.29) is 16.9 Å². The van der Waals surface area contributed by atoms with E-state index in [2.05, 4.69) is 35.1 Å². The Balaban J connectivity index is 1.80. The fourth-order valence-corrected chi connectivity index (χ4v) is 4.50. The quantitative estimate of drug-likeness (QED) is 0.659. The average molecular weight is 425 g/mol. The number of para-hydroxylation sites is 1. The van der Waals surface area contributed by atoms with Gasteiger partial charge in [-0.05, 0) is 54.2 Å². The molecule has 5 heteroatoms. The lowest BCUT2D eigenvalue weighted by Crippen LogP contribution is -2.24. The second-order valence-corrected chi connectivity index (χ2v) is 7.80. The van der Waals surface area contributed by atoms with Crippen molar-refractivity contribution in [2.75, 3.05) is 5.32 Å². The van der Waals surface area contributed by atoms with Crippen molar-refractivity contribution in [3.05, 3.63) is 73.5 Å². The van der Waals surface area contributed by atoms with Crippen molar-refractivity contribution in [3.63, 3.8) is 0 Å². The van der Waals surface area contributed by atoms with Crippen LogP contribution in [0.5, 0.6) is 0 Å². The molecule has 1 N–H and O–H groups in total. The third kappa shape index (κ3) is 3.00. The number of nitrogens with one attached hydrogen (secondary N) is 1. The van der Waals surface area contributed by atoms with Gasteiger partial charge in [0.15, 0.2) is 0 Å². The van der Waals surface area contributed by atoms with E-state index in [1.807, 2.05) is 34.9 Å². The minimum atomic E-state index is -0.338. The van der Waals surface area contributed by atoms with E-state index in [4.69, 9.17) is 0 Å². The maximum absolute atomic E-state index is 13.0. The van der Waals surface area contributed by atoms with Crippen LogP contribution in [0, 0.1) is 0 Å². The summed E-state index contributed by atoms with van der Waals surface area (Å²) in [5.41, 5.74) is 5.08. The number of nitrogens with zero attached hydrogens (tertiary/aromatic N) is 1. The molecule has 0 unspecified atom stereocenters. The number of carbonyl (C=O) groups excluding carboxylic acids is 1. The zero-order chi connectivity index (χ0) is 19.1. The molecule has 1 aliphatic rings. The molecule has 2 aromatic carbocycles. The van der Waals surface area contributed by atoms with Crippen LogP contribution in [0.25, 0.3) is 10.9 Å². The largest absolute Gasteiger partial charge is 0.346 e. The molecule has 0 saturated heterocycles. The van der Waals surface area contributed by atoms with Gasteiger partial charge in [-0.25, -0.2) is 0 Å². The Kier molecular flexibility index (Phi) is 4.64. The second-order valence-electron chi connectivity index (χ2n) is 6.89. The van der Waals surface area contributed by atoms with Gasteiger partial charge in [0.05, 0.1) is 5.52 Å². The van der Waals surface area contributed by atoms with Gasteiger partial charge in [-0.1, -0.05) is 41.9 Å². The van der Waals surface area contributed by atoms with Gasteiger partial charge in [-0.15, -0.1) is 0 Å². The molecule has 2 heterocycles. The van der Waals surface area contributed by atoms with Gasteiger partial charge in [0.2, 0.25) is 5.43 Å². The number of halogens is 1. The van der Waals surface area contributed by atoms with Gasteiger partial charge in [0.1, 0.15) is 5.56 Å². The summed E-state index contributed by atoms with van der Waals surface area (Å²) >= 11 is 3.54. The first kappa shape index (κ1) is 18.0. The minimum absolute atomic E-state index is 0.198. The molecule has 27 heavy (non-hydrogen) atoms. The van der Waals surface area contributed by atoms with Gasteiger partial charge >= 0.3 is 0 Å². The number of benzene rings is 2. The van der Waals surface area contributed by atoms with Crippen molar-refractivity contribution in [1.82, 2.24) is 4.57 Å². The Morgan fingerprint density at radius 1 is 1.19 bits per heavy atom. The van der Waals surface area contributed by atoms with E-state index in [1.54, 1.807) is 6.20 Å². The summed E-state index contributed by atoms with van der Waals surface area (Å²) < 4.78 is 3.03. The SMILES string of the molecule is CCc1cc(Br)cc(CC)c1NC(=O)c1cn2c3c(cccc3c1=O)CC2. The predicted molar refractivity (Wildman–Crippen MR) is 113 cm³/mol. The molecule has 0 aliphatic carbocycles. The number of aryl methyl sites for hydroxylation is 4. The Labute approximate surface area is 166 Å². The number of carbonyl (C=O) groups is 1. The van der Waals surface area contributed by atoms with E-state index in [1.165, 1.54) is 5.56 Å². The molecule has 0 spiro atoms. The minimum Gasteiger partial charge on any atom is -0.346 e. The molecule has 0 atom stereocenters. The Morgan fingerprint density at radius 2 is 1.89 bits per heavy atom. The molecule has 4 nitrogen and oxygen atoms in total. The summed E-state index contributed by atoms with van der Waals surface area (Å²) in [6.45, 7) is 4.92. The highest BCUT2D eigenvalue weighted by molar-refractivity contribution is 9.10. The highest BCUT2D eigenvalue weighted by Crippen LogP contribution is 2.28. The van der Waals surface area contributed by atoms with Crippen molar-refractivity contribution in [3.8, 4) is 0 Å². The number of rotatable bonds is 4. The highest BCUT2D eigenvalue weighted by atomic mass is 79.9. The Hall–Kier alpha value is -2.40. The van der Waals surface area contributed by atoms with Crippen molar-refractivity contribution in [2.45, 2.75) is 39.7 Å². The molecule has 4 rings (SSSR count). The molecule has 1 aliphatic heterocycles. The summed E-state index contributed by atoms with van der Waals surface area (Å²) in [6, 6.07) is 9.81. The average Bonchev–Trinajstić information content (AvgIpc) is 3.09. The first-order valence-corrected chi connectivity index (χ1v) is 10.1. The summed E-state index contributed by atoms with van der Waals surface area (Å²) in [7, 11) is 0. The molecule has 0 radical (unpaired) electrons. The molecule has 0 fully saturated rings. The molecular weight excluding hydrogens is 404 g/mol. The highest BCUT2D eigenvalue weighted by Gasteiger charge is 2.21. The summed E-state index contributed by atoms with van der Waals surface area (Å²) in [4.78, 5) is 26.0. The maximum Gasteiger partial charge on any atom is 0.261 e. The molecule has 0 bridgehead atoms. The monoisotopic (exact) mass is 424 g/mol. The maximum atomic E-state index is 13.0. The van der Waals surface area contributed by atoms with Crippen LogP contribution < -0.4 is 10.7 Å². The van der Waals surface area contributed by atoms with Gasteiger partial charge in [0, 0.05) is 28.3 Å². The van der Waals surface area contributed by atoms with E-state index in [9.17, 15) is 9.59 Å². The topological polar surface area (TPSA) is 51.1 Å². The third-order valence-corrected chi connectivity index (χ3v) is 5.77. The Morgan fingerprint density at radius 3 is 2.56 bits per heavy atom. The van der Waals surface area contributed by atoms with Gasteiger partial charge in [0.25, 0.3) is 5.91 Å². The lowest BCUT2D eigenvalue weighted by molar-refractivity contribution is 0.102.